The molecular formula is C15H13F2N3O3. The summed E-state index contributed by atoms with van der Waals surface area (Å²) in [5.74, 6) is -3.12. The Kier molecular flexibility index (Phi) is 3.81. The van der Waals surface area contributed by atoms with Gasteiger partial charge in [-0.25, -0.2) is 13.6 Å². The molecule has 2 unspecified atom stereocenters. The van der Waals surface area contributed by atoms with Gasteiger partial charge in [0.1, 0.15) is 11.6 Å². The van der Waals surface area contributed by atoms with Crippen molar-refractivity contribution in [3.05, 3.63) is 53.4 Å². The monoisotopic (exact) mass is 321 g/mol. The van der Waals surface area contributed by atoms with Crippen molar-refractivity contribution in [2.45, 2.75) is 12.5 Å². The Balaban J connectivity index is 2.05. The first kappa shape index (κ1) is 15.1. The van der Waals surface area contributed by atoms with Crippen molar-refractivity contribution >= 4 is 11.9 Å². The Labute approximate surface area is 129 Å². The topological polar surface area (TPSA) is 84.2 Å². The molecule has 3 rings (SSSR count). The SMILES string of the molecule is O=C1CC(C(c2ccc(F)cc2F)n2cc(C(=O)O)cn2)CN1. The molecule has 1 aliphatic rings. The second-order valence-corrected chi connectivity index (χ2v) is 5.39. The van der Waals surface area contributed by atoms with E-state index < -0.39 is 23.6 Å². The van der Waals surface area contributed by atoms with Gasteiger partial charge in [-0.3, -0.25) is 9.48 Å². The van der Waals surface area contributed by atoms with Crippen LogP contribution in [0, 0.1) is 17.6 Å². The molecule has 2 N–H and O–H groups in total. The van der Waals surface area contributed by atoms with Crippen LogP contribution >= 0.6 is 0 Å². The zero-order chi connectivity index (χ0) is 16.6. The van der Waals surface area contributed by atoms with Crippen LogP contribution in [-0.4, -0.2) is 33.3 Å². The highest BCUT2D eigenvalue weighted by molar-refractivity contribution is 5.86. The fraction of sp³-hybridized carbons (Fsp3) is 0.267. The number of carbonyl (C=O) groups is 2. The van der Waals surface area contributed by atoms with Crippen molar-refractivity contribution in [3.8, 4) is 0 Å². The summed E-state index contributed by atoms with van der Waals surface area (Å²) in [6.07, 6.45) is 2.59. The third kappa shape index (κ3) is 2.92. The number of amides is 1. The standard InChI is InChI=1S/C15H13F2N3O3/c16-10-1-2-11(12(17)4-10)14(8-3-13(21)18-5-8)20-7-9(6-19-20)15(22)23/h1-2,4,6-8,14H,3,5H2,(H,18,21)(H,22,23). The number of carbonyl (C=O) groups excluding carboxylic acids is 1. The van der Waals surface area contributed by atoms with Gasteiger partial charge in [0.05, 0.1) is 17.8 Å². The van der Waals surface area contributed by atoms with Crippen LogP contribution in [-0.2, 0) is 4.79 Å². The van der Waals surface area contributed by atoms with E-state index in [-0.39, 0.29) is 29.4 Å². The number of carboxylic acid groups (broad SMARTS) is 1. The highest BCUT2D eigenvalue weighted by Crippen LogP contribution is 2.32. The normalized spacial score (nSPS) is 18.7. The molecule has 6 nitrogen and oxygen atoms in total. The van der Waals surface area contributed by atoms with Crippen molar-refractivity contribution < 1.29 is 23.5 Å². The predicted molar refractivity (Wildman–Crippen MR) is 74.8 cm³/mol. The molecule has 0 bridgehead atoms. The molecule has 8 heteroatoms. The Morgan fingerprint density at radius 1 is 1.43 bits per heavy atom. The summed E-state index contributed by atoms with van der Waals surface area (Å²) in [5.41, 5.74) is 0.114. The minimum absolute atomic E-state index is 0.0465. The van der Waals surface area contributed by atoms with Crippen molar-refractivity contribution in [1.82, 2.24) is 15.1 Å². The van der Waals surface area contributed by atoms with Crippen LogP contribution in [0.2, 0.25) is 0 Å². The van der Waals surface area contributed by atoms with E-state index in [4.69, 9.17) is 5.11 Å². The molecule has 2 atom stereocenters. The number of hydrogen-bond donors (Lipinski definition) is 2. The zero-order valence-electron chi connectivity index (χ0n) is 11.9. The van der Waals surface area contributed by atoms with E-state index in [1.54, 1.807) is 0 Å². The number of aromatic carboxylic acids is 1. The van der Waals surface area contributed by atoms with E-state index in [2.05, 4.69) is 10.4 Å². The van der Waals surface area contributed by atoms with Crippen molar-refractivity contribution in [3.63, 3.8) is 0 Å². The summed E-state index contributed by atoms with van der Waals surface area (Å²) in [6, 6.07) is 2.47. The summed E-state index contributed by atoms with van der Waals surface area (Å²) >= 11 is 0. The molecule has 1 aliphatic heterocycles. The molecule has 1 saturated heterocycles. The third-order valence-electron chi connectivity index (χ3n) is 3.87. The Bertz CT molecular complexity index is 775. The van der Waals surface area contributed by atoms with Crippen LogP contribution in [0.15, 0.2) is 30.6 Å². The zero-order valence-corrected chi connectivity index (χ0v) is 11.9. The summed E-state index contributed by atoms with van der Waals surface area (Å²) in [4.78, 5) is 22.5. The quantitative estimate of drug-likeness (QED) is 0.895. The highest BCUT2D eigenvalue weighted by Gasteiger charge is 2.34. The van der Waals surface area contributed by atoms with Crippen molar-refractivity contribution in [2.24, 2.45) is 5.92 Å². The van der Waals surface area contributed by atoms with Gasteiger partial charge in [0, 0.05) is 36.7 Å². The van der Waals surface area contributed by atoms with Gasteiger partial charge >= 0.3 is 5.97 Å². The average molecular weight is 321 g/mol. The number of halogens is 2. The number of benzene rings is 1. The molecule has 1 aromatic heterocycles. The summed E-state index contributed by atoms with van der Waals surface area (Å²) in [5, 5.41) is 15.6. The maximum atomic E-state index is 14.2. The van der Waals surface area contributed by atoms with E-state index >= 15 is 0 Å². The molecule has 2 heterocycles. The lowest BCUT2D eigenvalue weighted by Gasteiger charge is -2.23. The Hall–Kier alpha value is -2.77. The Morgan fingerprint density at radius 3 is 2.78 bits per heavy atom. The summed E-state index contributed by atoms with van der Waals surface area (Å²) < 4.78 is 28.7. The molecule has 120 valence electrons. The van der Waals surface area contributed by atoms with Crippen LogP contribution in [0.1, 0.15) is 28.4 Å². The molecule has 23 heavy (non-hydrogen) atoms. The first-order valence-electron chi connectivity index (χ1n) is 6.95. The van der Waals surface area contributed by atoms with E-state index in [0.29, 0.717) is 6.54 Å². The maximum absolute atomic E-state index is 14.2. The van der Waals surface area contributed by atoms with Gasteiger partial charge in [-0.15, -0.1) is 0 Å². The fourth-order valence-corrected chi connectivity index (χ4v) is 2.81. The van der Waals surface area contributed by atoms with Gasteiger partial charge in [0.25, 0.3) is 0 Å². The number of carboxylic acids is 1. The first-order valence-corrected chi connectivity index (χ1v) is 6.95. The Morgan fingerprint density at radius 2 is 2.22 bits per heavy atom. The number of nitrogens with zero attached hydrogens (tertiary/aromatic N) is 2. The van der Waals surface area contributed by atoms with Gasteiger partial charge in [0.2, 0.25) is 5.91 Å². The second kappa shape index (κ2) is 5.79. The summed E-state index contributed by atoms with van der Waals surface area (Å²) in [6.45, 7) is 0.308. The predicted octanol–water partition coefficient (Wildman–Crippen LogP) is 1.58. The highest BCUT2D eigenvalue weighted by atomic mass is 19.1. The van der Waals surface area contributed by atoms with Crippen LogP contribution in [0.25, 0.3) is 0 Å². The minimum Gasteiger partial charge on any atom is -0.478 e. The smallest absolute Gasteiger partial charge is 0.338 e. The van der Waals surface area contributed by atoms with Gasteiger partial charge in [-0.1, -0.05) is 6.07 Å². The minimum atomic E-state index is -1.16. The maximum Gasteiger partial charge on any atom is 0.338 e. The van der Waals surface area contributed by atoms with E-state index in [1.165, 1.54) is 16.9 Å². The number of nitrogens with one attached hydrogen (secondary N) is 1. The van der Waals surface area contributed by atoms with Crippen LogP contribution in [0.5, 0.6) is 0 Å². The molecule has 0 saturated carbocycles. The largest absolute Gasteiger partial charge is 0.478 e. The van der Waals surface area contributed by atoms with Crippen LogP contribution in [0.3, 0.4) is 0 Å². The van der Waals surface area contributed by atoms with Gasteiger partial charge < -0.3 is 10.4 Å². The summed E-state index contributed by atoms with van der Waals surface area (Å²) in [7, 11) is 0. The number of rotatable bonds is 4. The van der Waals surface area contributed by atoms with Crippen molar-refractivity contribution in [2.75, 3.05) is 6.54 Å². The lowest BCUT2D eigenvalue weighted by molar-refractivity contribution is -0.119. The molecule has 1 fully saturated rings. The van der Waals surface area contributed by atoms with Gasteiger partial charge in [0.15, 0.2) is 0 Å². The molecule has 0 radical (unpaired) electrons. The second-order valence-electron chi connectivity index (χ2n) is 5.39. The van der Waals surface area contributed by atoms with Gasteiger partial charge in [-0.05, 0) is 6.07 Å². The molecule has 1 amide bonds. The fourth-order valence-electron chi connectivity index (χ4n) is 2.81. The van der Waals surface area contributed by atoms with E-state index in [9.17, 15) is 18.4 Å². The lowest BCUT2D eigenvalue weighted by atomic mass is 9.92. The molecule has 2 aromatic rings. The van der Waals surface area contributed by atoms with Crippen molar-refractivity contribution in [1.29, 1.82) is 0 Å². The third-order valence-corrected chi connectivity index (χ3v) is 3.87. The number of hydrogen-bond acceptors (Lipinski definition) is 3. The van der Waals surface area contributed by atoms with Crippen LogP contribution in [0.4, 0.5) is 8.78 Å². The van der Waals surface area contributed by atoms with E-state index in [0.717, 1.165) is 18.3 Å². The number of aromatic nitrogens is 2. The average Bonchev–Trinajstić information content (AvgIpc) is 3.11. The van der Waals surface area contributed by atoms with Crippen LogP contribution < -0.4 is 5.32 Å². The van der Waals surface area contributed by atoms with E-state index in [1.807, 2.05) is 0 Å². The first-order chi connectivity index (χ1) is 11.0. The lowest BCUT2D eigenvalue weighted by Crippen LogP contribution is -2.24. The molecule has 0 spiro atoms. The molecule has 1 aromatic carbocycles. The van der Waals surface area contributed by atoms with Gasteiger partial charge in [-0.2, -0.15) is 5.10 Å². The molecule has 0 aliphatic carbocycles. The molecular weight excluding hydrogens is 308 g/mol.